The number of rotatable bonds is 5. The Morgan fingerprint density at radius 3 is 2.63 bits per heavy atom. The molecule has 5 nitrogen and oxygen atoms in total. The Morgan fingerprint density at radius 2 is 1.95 bits per heavy atom. The lowest BCUT2D eigenvalue weighted by molar-refractivity contribution is 0.903. The molecule has 0 saturated carbocycles. The average Bonchev–Trinajstić information content (AvgIpc) is 2.43. The summed E-state index contributed by atoms with van der Waals surface area (Å²) >= 11 is 6.13. The van der Waals surface area contributed by atoms with Gasteiger partial charge < -0.3 is 10.7 Å². The van der Waals surface area contributed by atoms with E-state index in [2.05, 4.69) is 27.6 Å². The van der Waals surface area contributed by atoms with Gasteiger partial charge in [0.25, 0.3) is 0 Å². The summed E-state index contributed by atoms with van der Waals surface area (Å²) in [6.07, 6.45) is 3.26. The number of anilines is 3. The van der Waals surface area contributed by atoms with Gasteiger partial charge in [-0.1, -0.05) is 37.1 Å². The van der Waals surface area contributed by atoms with Crippen LogP contribution in [0.4, 0.5) is 17.3 Å². The Kier molecular flexibility index (Phi) is 4.54. The highest BCUT2D eigenvalue weighted by molar-refractivity contribution is 6.33. The average molecular weight is 278 g/mol. The molecule has 2 aromatic rings. The van der Waals surface area contributed by atoms with Gasteiger partial charge in [-0.3, -0.25) is 0 Å². The van der Waals surface area contributed by atoms with Crippen molar-refractivity contribution in [2.75, 3.05) is 10.7 Å². The van der Waals surface area contributed by atoms with E-state index in [-0.39, 0.29) is 0 Å². The molecule has 0 aliphatic heterocycles. The molecule has 1 aromatic heterocycles. The van der Waals surface area contributed by atoms with Crippen LogP contribution in [0.5, 0.6) is 0 Å². The van der Waals surface area contributed by atoms with E-state index in [1.54, 1.807) is 0 Å². The molecular weight excluding hydrogens is 262 g/mol. The predicted octanol–water partition coefficient (Wildman–Crippen LogP) is 3.11. The normalized spacial score (nSPS) is 10.3. The molecule has 0 bridgehead atoms. The summed E-state index contributed by atoms with van der Waals surface area (Å²) < 4.78 is 0. The summed E-state index contributed by atoms with van der Waals surface area (Å²) in [5.41, 5.74) is 4.36. The van der Waals surface area contributed by atoms with Gasteiger partial charge >= 0.3 is 0 Å². The molecule has 1 aromatic carbocycles. The van der Waals surface area contributed by atoms with Crippen molar-refractivity contribution in [2.45, 2.75) is 19.8 Å². The molecule has 4 N–H and O–H groups in total. The van der Waals surface area contributed by atoms with Crippen LogP contribution >= 0.6 is 11.6 Å². The van der Waals surface area contributed by atoms with E-state index in [0.717, 1.165) is 29.9 Å². The standard InChI is InChI=1S/C13H16ClN5/c1-2-5-9-12(16-8-17-13(9)19-15)18-11-7-4-3-6-10(11)14/h3-4,6-8H,2,5,15H2,1H3,(H2,16,17,18,19). The molecule has 6 heteroatoms. The van der Waals surface area contributed by atoms with E-state index in [1.807, 2.05) is 24.3 Å². The molecule has 0 atom stereocenters. The predicted molar refractivity (Wildman–Crippen MR) is 78.6 cm³/mol. The molecule has 0 saturated heterocycles. The minimum Gasteiger partial charge on any atom is -0.339 e. The Morgan fingerprint density at radius 1 is 1.21 bits per heavy atom. The third-order valence-corrected chi connectivity index (χ3v) is 3.04. The summed E-state index contributed by atoms with van der Waals surface area (Å²) in [6, 6.07) is 7.52. The summed E-state index contributed by atoms with van der Waals surface area (Å²) in [4.78, 5) is 8.39. The van der Waals surface area contributed by atoms with Gasteiger partial charge in [-0.25, -0.2) is 15.8 Å². The second kappa shape index (κ2) is 6.36. The number of nitrogens with zero attached hydrogens (tertiary/aromatic N) is 2. The number of aromatic nitrogens is 2. The Bertz CT molecular complexity index is 558. The lowest BCUT2D eigenvalue weighted by Gasteiger charge is -2.14. The molecule has 0 fully saturated rings. The number of hydrazine groups is 1. The van der Waals surface area contributed by atoms with E-state index in [0.29, 0.717) is 10.8 Å². The van der Waals surface area contributed by atoms with Crippen LogP contribution in [0.25, 0.3) is 0 Å². The molecule has 0 aliphatic carbocycles. The Hall–Kier alpha value is -1.85. The van der Waals surface area contributed by atoms with Crippen molar-refractivity contribution in [1.29, 1.82) is 0 Å². The molecular formula is C13H16ClN5. The largest absolute Gasteiger partial charge is 0.339 e. The maximum atomic E-state index is 6.13. The van der Waals surface area contributed by atoms with Gasteiger partial charge in [0, 0.05) is 5.56 Å². The molecule has 0 aliphatic rings. The first kappa shape index (κ1) is 13.6. The summed E-state index contributed by atoms with van der Waals surface area (Å²) in [5.74, 6) is 6.83. The van der Waals surface area contributed by atoms with Crippen molar-refractivity contribution in [1.82, 2.24) is 9.97 Å². The van der Waals surface area contributed by atoms with Crippen molar-refractivity contribution in [3.63, 3.8) is 0 Å². The first-order chi connectivity index (χ1) is 9.26. The number of nitrogens with two attached hydrogens (primary N) is 1. The van der Waals surface area contributed by atoms with E-state index >= 15 is 0 Å². The zero-order valence-corrected chi connectivity index (χ0v) is 11.4. The quantitative estimate of drug-likeness (QED) is 0.578. The summed E-state index contributed by atoms with van der Waals surface area (Å²) in [5, 5.41) is 3.87. The van der Waals surface area contributed by atoms with Gasteiger partial charge in [-0.2, -0.15) is 0 Å². The van der Waals surface area contributed by atoms with Crippen LogP contribution in [-0.4, -0.2) is 9.97 Å². The van der Waals surface area contributed by atoms with Gasteiger partial charge in [0.2, 0.25) is 0 Å². The van der Waals surface area contributed by atoms with Crippen LogP contribution in [0.15, 0.2) is 30.6 Å². The second-order valence-corrected chi connectivity index (χ2v) is 4.46. The van der Waals surface area contributed by atoms with Gasteiger partial charge in [0.15, 0.2) is 0 Å². The topological polar surface area (TPSA) is 75.9 Å². The minimum absolute atomic E-state index is 0.631. The molecule has 0 unspecified atom stereocenters. The molecule has 1 heterocycles. The number of nitrogens with one attached hydrogen (secondary N) is 2. The van der Waals surface area contributed by atoms with Crippen LogP contribution in [0.3, 0.4) is 0 Å². The first-order valence-corrected chi connectivity index (χ1v) is 6.46. The van der Waals surface area contributed by atoms with Crippen molar-refractivity contribution < 1.29 is 0 Å². The van der Waals surface area contributed by atoms with Crippen LogP contribution in [-0.2, 0) is 6.42 Å². The van der Waals surface area contributed by atoms with Crippen LogP contribution in [0.1, 0.15) is 18.9 Å². The molecule has 0 amide bonds. The molecule has 0 radical (unpaired) electrons. The summed E-state index contributed by atoms with van der Waals surface area (Å²) in [6.45, 7) is 2.09. The van der Waals surface area contributed by atoms with Gasteiger partial charge in [0.1, 0.15) is 18.0 Å². The first-order valence-electron chi connectivity index (χ1n) is 6.08. The third-order valence-electron chi connectivity index (χ3n) is 2.71. The summed E-state index contributed by atoms with van der Waals surface area (Å²) in [7, 11) is 0. The smallest absolute Gasteiger partial charge is 0.148 e. The van der Waals surface area contributed by atoms with E-state index in [4.69, 9.17) is 17.4 Å². The molecule has 19 heavy (non-hydrogen) atoms. The van der Waals surface area contributed by atoms with Crippen molar-refractivity contribution in [2.24, 2.45) is 5.84 Å². The van der Waals surface area contributed by atoms with Gasteiger partial charge in [0.05, 0.1) is 10.7 Å². The molecule has 0 spiro atoms. The van der Waals surface area contributed by atoms with E-state index < -0.39 is 0 Å². The molecule has 2 rings (SSSR count). The fourth-order valence-corrected chi connectivity index (χ4v) is 2.00. The SMILES string of the molecule is CCCc1c(NN)ncnc1Nc1ccccc1Cl. The van der Waals surface area contributed by atoms with Crippen LogP contribution < -0.4 is 16.6 Å². The number of hydrogen-bond acceptors (Lipinski definition) is 5. The fraction of sp³-hybridized carbons (Fsp3) is 0.231. The highest BCUT2D eigenvalue weighted by Gasteiger charge is 2.11. The lowest BCUT2D eigenvalue weighted by atomic mass is 10.1. The van der Waals surface area contributed by atoms with E-state index in [9.17, 15) is 0 Å². The zero-order valence-electron chi connectivity index (χ0n) is 10.7. The van der Waals surface area contributed by atoms with Gasteiger partial charge in [-0.05, 0) is 18.6 Å². The number of nitrogen functional groups attached to an aromatic ring is 1. The lowest BCUT2D eigenvalue weighted by Crippen LogP contribution is -2.13. The third kappa shape index (κ3) is 3.13. The highest BCUT2D eigenvalue weighted by atomic mass is 35.5. The number of para-hydroxylation sites is 1. The van der Waals surface area contributed by atoms with Crippen molar-refractivity contribution in [3.8, 4) is 0 Å². The number of halogens is 1. The van der Waals surface area contributed by atoms with Crippen molar-refractivity contribution in [3.05, 3.63) is 41.2 Å². The van der Waals surface area contributed by atoms with Crippen LogP contribution in [0, 0.1) is 0 Å². The monoisotopic (exact) mass is 277 g/mol. The Balaban J connectivity index is 2.37. The van der Waals surface area contributed by atoms with Gasteiger partial charge in [-0.15, -0.1) is 0 Å². The fourth-order valence-electron chi connectivity index (χ4n) is 1.82. The van der Waals surface area contributed by atoms with Crippen molar-refractivity contribution >= 4 is 28.9 Å². The van der Waals surface area contributed by atoms with Crippen LogP contribution in [0.2, 0.25) is 5.02 Å². The molecule has 100 valence electrons. The maximum Gasteiger partial charge on any atom is 0.148 e. The second-order valence-electron chi connectivity index (χ2n) is 4.05. The van der Waals surface area contributed by atoms with E-state index in [1.165, 1.54) is 6.33 Å². The number of hydrogen-bond donors (Lipinski definition) is 3. The Labute approximate surface area is 117 Å². The maximum absolute atomic E-state index is 6.13. The highest BCUT2D eigenvalue weighted by Crippen LogP contribution is 2.28. The minimum atomic E-state index is 0.631. The zero-order chi connectivity index (χ0) is 13.7. The number of benzene rings is 1.